The van der Waals surface area contributed by atoms with E-state index < -0.39 is 0 Å². The van der Waals surface area contributed by atoms with E-state index in [2.05, 4.69) is 5.32 Å². The van der Waals surface area contributed by atoms with Gasteiger partial charge in [0, 0.05) is 13.2 Å². The van der Waals surface area contributed by atoms with Crippen molar-refractivity contribution in [1.82, 2.24) is 5.32 Å². The zero-order valence-electron chi connectivity index (χ0n) is 10.5. The van der Waals surface area contributed by atoms with E-state index in [-0.39, 0.29) is 11.4 Å². The van der Waals surface area contributed by atoms with E-state index in [1.807, 2.05) is 19.2 Å². The zero-order chi connectivity index (χ0) is 12.3. The van der Waals surface area contributed by atoms with Crippen molar-refractivity contribution in [3.63, 3.8) is 0 Å². The molecule has 17 heavy (non-hydrogen) atoms. The van der Waals surface area contributed by atoms with Crippen LogP contribution in [-0.4, -0.2) is 25.8 Å². The van der Waals surface area contributed by atoms with Gasteiger partial charge in [0.25, 0.3) is 0 Å². The summed E-state index contributed by atoms with van der Waals surface area (Å²) in [6.07, 6.45) is 4.33. The fourth-order valence-electron chi connectivity index (χ4n) is 2.63. The minimum absolute atomic E-state index is 0.0247. The highest BCUT2D eigenvalue weighted by molar-refractivity contribution is 5.19. The van der Waals surface area contributed by atoms with Gasteiger partial charge < -0.3 is 10.1 Å². The maximum atomic E-state index is 12.8. The Morgan fingerprint density at radius 2 is 2.00 bits per heavy atom. The summed E-state index contributed by atoms with van der Waals surface area (Å²) in [4.78, 5) is 0. The number of benzene rings is 1. The van der Waals surface area contributed by atoms with E-state index in [4.69, 9.17) is 4.74 Å². The van der Waals surface area contributed by atoms with Gasteiger partial charge in [-0.25, -0.2) is 4.39 Å². The van der Waals surface area contributed by atoms with Crippen molar-refractivity contribution in [1.29, 1.82) is 0 Å². The van der Waals surface area contributed by atoms with Gasteiger partial charge in [0.1, 0.15) is 5.82 Å². The van der Waals surface area contributed by atoms with E-state index in [0.29, 0.717) is 6.04 Å². The third kappa shape index (κ3) is 2.50. The highest BCUT2D eigenvalue weighted by atomic mass is 19.1. The first-order valence-electron chi connectivity index (χ1n) is 6.17. The molecular weight excluding hydrogens is 217 g/mol. The standard InChI is InChI=1S/C14H20FNO/c1-16-13(14(17-2)8-3-9-14)10-11-4-6-12(15)7-5-11/h4-7,13,16H,3,8-10H2,1-2H3. The Bertz CT molecular complexity index is 353. The first-order valence-corrected chi connectivity index (χ1v) is 6.17. The minimum Gasteiger partial charge on any atom is -0.377 e. The summed E-state index contributed by atoms with van der Waals surface area (Å²) in [6, 6.07) is 7.03. The average molecular weight is 237 g/mol. The van der Waals surface area contributed by atoms with E-state index in [0.717, 1.165) is 24.8 Å². The predicted octanol–water partition coefficient (Wildman–Crippen LogP) is 2.53. The highest BCUT2D eigenvalue weighted by Gasteiger charge is 2.43. The van der Waals surface area contributed by atoms with Gasteiger partial charge in [-0.05, 0) is 50.4 Å². The van der Waals surface area contributed by atoms with Crippen LogP contribution in [0.4, 0.5) is 4.39 Å². The van der Waals surface area contributed by atoms with Gasteiger partial charge in [0.2, 0.25) is 0 Å². The first-order chi connectivity index (χ1) is 8.20. The molecule has 94 valence electrons. The van der Waals surface area contributed by atoms with Crippen molar-refractivity contribution in [2.75, 3.05) is 14.2 Å². The maximum Gasteiger partial charge on any atom is 0.123 e. The molecule has 1 aliphatic carbocycles. The van der Waals surface area contributed by atoms with Gasteiger partial charge in [-0.3, -0.25) is 0 Å². The molecule has 1 atom stereocenters. The lowest BCUT2D eigenvalue weighted by Gasteiger charge is -2.46. The second-order valence-electron chi connectivity index (χ2n) is 4.79. The Morgan fingerprint density at radius 1 is 1.35 bits per heavy atom. The van der Waals surface area contributed by atoms with Gasteiger partial charge in [0.05, 0.1) is 5.60 Å². The fraction of sp³-hybridized carbons (Fsp3) is 0.571. The van der Waals surface area contributed by atoms with Crippen LogP contribution < -0.4 is 5.32 Å². The Kier molecular flexibility index (Phi) is 3.79. The van der Waals surface area contributed by atoms with Crippen LogP contribution in [0.5, 0.6) is 0 Å². The topological polar surface area (TPSA) is 21.3 Å². The normalized spacial score (nSPS) is 19.7. The maximum absolute atomic E-state index is 12.8. The highest BCUT2D eigenvalue weighted by Crippen LogP contribution is 2.39. The molecule has 0 aliphatic heterocycles. The van der Waals surface area contributed by atoms with Crippen molar-refractivity contribution in [2.45, 2.75) is 37.3 Å². The molecule has 0 heterocycles. The van der Waals surface area contributed by atoms with Crippen molar-refractivity contribution >= 4 is 0 Å². The molecule has 1 fully saturated rings. The van der Waals surface area contributed by atoms with Crippen LogP contribution in [0.25, 0.3) is 0 Å². The van der Waals surface area contributed by atoms with Crippen LogP contribution in [0.2, 0.25) is 0 Å². The number of rotatable bonds is 5. The minimum atomic E-state index is -0.181. The summed E-state index contributed by atoms with van der Waals surface area (Å²) < 4.78 is 18.5. The molecule has 1 aromatic carbocycles. The SMILES string of the molecule is CNC(Cc1ccc(F)cc1)C1(OC)CCC1. The largest absolute Gasteiger partial charge is 0.377 e. The smallest absolute Gasteiger partial charge is 0.123 e. The number of likely N-dealkylation sites (N-methyl/N-ethyl adjacent to an activating group) is 1. The van der Waals surface area contributed by atoms with E-state index in [1.54, 1.807) is 7.11 Å². The Morgan fingerprint density at radius 3 is 2.41 bits per heavy atom. The Balaban J connectivity index is 2.07. The molecule has 2 rings (SSSR count). The van der Waals surface area contributed by atoms with Crippen LogP contribution in [0.3, 0.4) is 0 Å². The summed E-state index contributed by atoms with van der Waals surface area (Å²) in [7, 11) is 3.75. The van der Waals surface area contributed by atoms with Crippen molar-refractivity contribution in [3.8, 4) is 0 Å². The number of nitrogens with one attached hydrogen (secondary N) is 1. The zero-order valence-corrected chi connectivity index (χ0v) is 10.5. The van der Waals surface area contributed by atoms with Crippen molar-refractivity contribution < 1.29 is 9.13 Å². The van der Waals surface area contributed by atoms with Crippen molar-refractivity contribution in [3.05, 3.63) is 35.6 Å². The van der Waals surface area contributed by atoms with E-state index >= 15 is 0 Å². The molecule has 0 spiro atoms. The van der Waals surface area contributed by atoms with Crippen LogP contribution in [0.15, 0.2) is 24.3 Å². The molecule has 1 unspecified atom stereocenters. The Labute approximate surface area is 102 Å². The summed E-state index contributed by atoms with van der Waals surface area (Å²) in [5, 5.41) is 3.34. The van der Waals surface area contributed by atoms with Crippen LogP contribution in [0.1, 0.15) is 24.8 Å². The molecule has 1 N–H and O–H groups in total. The summed E-state index contributed by atoms with van der Waals surface area (Å²) >= 11 is 0. The lowest BCUT2D eigenvalue weighted by Crippen LogP contribution is -2.56. The molecule has 0 amide bonds. The number of ether oxygens (including phenoxy) is 1. The number of hydrogen-bond donors (Lipinski definition) is 1. The van der Waals surface area contributed by atoms with Gasteiger partial charge in [-0.2, -0.15) is 0 Å². The van der Waals surface area contributed by atoms with Crippen LogP contribution >= 0.6 is 0 Å². The average Bonchev–Trinajstić information content (AvgIpc) is 2.29. The molecule has 0 bridgehead atoms. The second kappa shape index (κ2) is 5.15. The molecule has 1 saturated carbocycles. The molecular formula is C14H20FNO. The molecule has 0 aromatic heterocycles. The predicted molar refractivity (Wildman–Crippen MR) is 66.5 cm³/mol. The third-order valence-corrected chi connectivity index (χ3v) is 3.94. The molecule has 2 nitrogen and oxygen atoms in total. The monoisotopic (exact) mass is 237 g/mol. The first kappa shape index (κ1) is 12.5. The molecule has 0 radical (unpaired) electrons. The van der Waals surface area contributed by atoms with Gasteiger partial charge >= 0.3 is 0 Å². The third-order valence-electron chi connectivity index (χ3n) is 3.94. The summed E-state index contributed by atoms with van der Waals surface area (Å²) in [5.74, 6) is -0.181. The van der Waals surface area contributed by atoms with E-state index in [9.17, 15) is 4.39 Å². The number of methoxy groups -OCH3 is 1. The van der Waals surface area contributed by atoms with Gasteiger partial charge in [0.15, 0.2) is 0 Å². The molecule has 3 heteroatoms. The number of halogens is 1. The molecule has 1 aromatic rings. The van der Waals surface area contributed by atoms with Gasteiger partial charge in [-0.15, -0.1) is 0 Å². The van der Waals surface area contributed by atoms with Crippen molar-refractivity contribution in [2.24, 2.45) is 0 Å². The fourth-order valence-corrected chi connectivity index (χ4v) is 2.63. The number of hydrogen-bond acceptors (Lipinski definition) is 2. The van der Waals surface area contributed by atoms with Gasteiger partial charge in [-0.1, -0.05) is 12.1 Å². The van der Waals surface area contributed by atoms with E-state index in [1.165, 1.54) is 18.6 Å². The lowest BCUT2D eigenvalue weighted by atomic mass is 9.72. The quantitative estimate of drug-likeness (QED) is 0.849. The molecule has 1 aliphatic rings. The summed E-state index contributed by atoms with van der Waals surface area (Å²) in [5.41, 5.74) is 1.12. The van der Waals surface area contributed by atoms with Crippen LogP contribution in [0, 0.1) is 5.82 Å². The summed E-state index contributed by atoms with van der Waals surface area (Å²) in [6.45, 7) is 0. The van der Waals surface area contributed by atoms with Crippen LogP contribution in [-0.2, 0) is 11.2 Å². The molecule has 0 saturated heterocycles. The second-order valence-corrected chi connectivity index (χ2v) is 4.79. The Hall–Kier alpha value is -0.930. The lowest BCUT2D eigenvalue weighted by molar-refractivity contribution is -0.0966.